The molecule has 0 aromatic carbocycles. The Labute approximate surface area is 105 Å². The Morgan fingerprint density at radius 3 is 2.41 bits per heavy atom. The van der Waals surface area contributed by atoms with Gasteiger partial charge in [0.15, 0.2) is 0 Å². The van der Waals surface area contributed by atoms with E-state index in [1.165, 1.54) is 4.88 Å². The number of hydrogen-bond acceptors (Lipinski definition) is 3. The van der Waals surface area contributed by atoms with Gasteiger partial charge >= 0.3 is 0 Å². The molecule has 0 fully saturated rings. The van der Waals surface area contributed by atoms with Crippen LogP contribution in [0, 0.1) is 0 Å². The molecule has 0 unspecified atom stereocenters. The minimum atomic E-state index is -3.04. The van der Waals surface area contributed by atoms with E-state index >= 15 is 0 Å². The van der Waals surface area contributed by atoms with Crippen LogP contribution < -0.4 is 5.32 Å². The highest BCUT2D eigenvalue weighted by Crippen LogP contribution is 2.29. The van der Waals surface area contributed by atoms with Crippen LogP contribution in [0.25, 0.3) is 0 Å². The standard InChI is InChI=1S/C12H19F2NOS/c1-11(2,3)10-5-4-9(17-10)6-15-7-12(13,14)8-16/h4-5,15-16H,6-8H2,1-3H3. The summed E-state index contributed by atoms with van der Waals surface area (Å²) in [6, 6.07) is 3.99. The monoisotopic (exact) mass is 263 g/mol. The van der Waals surface area contributed by atoms with E-state index in [1.54, 1.807) is 11.3 Å². The van der Waals surface area contributed by atoms with Gasteiger partial charge in [-0.05, 0) is 17.5 Å². The fourth-order valence-electron chi connectivity index (χ4n) is 1.30. The average Bonchev–Trinajstić information content (AvgIpc) is 2.66. The summed E-state index contributed by atoms with van der Waals surface area (Å²) in [6.07, 6.45) is 0. The number of aliphatic hydroxyl groups is 1. The third-order valence-electron chi connectivity index (χ3n) is 2.32. The first-order valence-electron chi connectivity index (χ1n) is 5.53. The predicted molar refractivity (Wildman–Crippen MR) is 66.8 cm³/mol. The summed E-state index contributed by atoms with van der Waals surface area (Å²) >= 11 is 1.63. The van der Waals surface area contributed by atoms with Gasteiger partial charge in [-0.1, -0.05) is 20.8 Å². The van der Waals surface area contributed by atoms with Crippen molar-refractivity contribution in [1.29, 1.82) is 0 Å². The van der Waals surface area contributed by atoms with Gasteiger partial charge in [-0.3, -0.25) is 0 Å². The van der Waals surface area contributed by atoms with Crippen molar-refractivity contribution in [2.75, 3.05) is 13.2 Å². The molecule has 0 aliphatic carbocycles. The first-order chi connectivity index (χ1) is 7.74. The lowest BCUT2D eigenvalue weighted by molar-refractivity contribution is -0.0477. The maximum atomic E-state index is 12.7. The van der Waals surface area contributed by atoms with Crippen molar-refractivity contribution < 1.29 is 13.9 Å². The molecule has 0 radical (unpaired) electrons. The molecule has 0 saturated carbocycles. The molecule has 1 rings (SSSR count). The molecule has 5 heteroatoms. The van der Waals surface area contributed by atoms with E-state index in [-0.39, 0.29) is 5.41 Å². The summed E-state index contributed by atoms with van der Waals surface area (Å²) in [5.41, 5.74) is 0.0952. The van der Waals surface area contributed by atoms with Crippen molar-refractivity contribution >= 4 is 11.3 Å². The number of nitrogens with one attached hydrogen (secondary N) is 1. The molecular weight excluding hydrogens is 244 g/mol. The molecule has 0 aliphatic rings. The minimum Gasteiger partial charge on any atom is -0.390 e. The lowest BCUT2D eigenvalue weighted by atomic mass is 9.95. The summed E-state index contributed by atoms with van der Waals surface area (Å²) in [6.45, 7) is 5.17. The van der Waals surface area contributed by atoms with Crippen LogP contribution in [0.3, 0.4) is 0 Å². The van der Waals surface area contributed by atoms with Crippen LogP contribution in [0.1, 0.15) is 30.5 Å². The quantitative estimate of drug-likeness (QED) is 0.856. The Balaban J connectivity index is 2.46. The van der Waals surface area contributed by atoms with E-state index in [2.05, 4.69) is 26.1 Å². The van der Waals surface area contributed by atoms with E-state index in [4.69, 9.17) is 5.11 Å². The lowest BCUT2D eigenvalue weighted by Crippen LogP contribution is -2.35. The van der Waals surface area contributed by atoms with Gasteiger partial charge in [-0.2, -0.15) is 0 Å². The second-order valence-electron chi connectivity index (χ2n) is 5.13. The van der Waals surface area contributed by atoms with Crippen LogP contribution in [-0.4, -0.2) is 24.2 Å². The van der Waals surface area contributed by atoms with Gasteiger partial charge in [0, 0.05) is 16.3 Å². The maximum absolute atomic E-state index is 12.7. The molecule has 0 saturated heterocycles. The Hall–Kier alpha value is -0.520. The first-order valence-corrected chi connectivity index (χ1v) is 6.35. The SMILES string of the molecule is CC(C)(C)c1ccc(CNCC(F)(F)CO)s1. The Kier molecular flexibility index (Phi) is 4.63. The number of alkyl halides is 2. The fraction of sp³-hybridized carbons (Fsp3) is 0.667. The van der Waals surface area contributed by atoms with Gasteiger partial charge in [0.1, 0.15) is 6.61 Å². The zero-order valence-corrected chi connectivity index (χ0v) is 11.2. The summed E-state index contributed by atoms with van der Waals surface area (Å²) in [4.78, 5) is 2.27. The van der Waals surface area contributed by atoms with Crippen LogP contribution in [0.5, 0.6) is 0 Å². The second-order valence-corrected chi connectivity index (χ2v) is 6.30. The molecule has 0 spiro atoms. The van der Waals surface area contributed by atoms with E-state index in [1.807, 2.05) is 12.1 Å². The number of thiophene rings is 1. The van der Waals surface area contributed by atoms with Gasteiger partial charge in [0.2, 0.25) is 0 Å². The fourth-order valence-corrected chi connectivity index (χ4v) is 2.34. The highest BCUT2D eigenvalue weighted by atomic mass is 32.1. The molecule has 1 heterocycles. The number of aliphatic hydroxyl groups excluding tert-OH is 1. The van der Waals surface area contributed by atoms with Gasteiger partial charge in [-0.15, -0.1) is 11.3 Å². The number of hydrogen-bond donors (Lipinski definition) is 2. The highest BCUT2D eigenvalue weighted by molar-refractivity contribution is 7.12. The van der Waals surface area contributed by atoms with Crippen LogP contribution in [0.15, 0.2) is 12.1 Å². The van der Waals surface area contributed by atoms with Gasteiger partial charge in [0.25, 0.3) is 5.92 Å². The molecule has 0 atom stereocenters. The van der Waals surface area contributed by atoms with Gasteiger partial charge in [-0.25, -0.2) is 8.78 Å². The zero-order valence-electron chi connectivity index (χ0n) is 10.4. The normalized spacial score (nSPS) is 13.1. The molecular formula is C12H19F2NOS. The van der Waals surface area contributed by atoms with Crippen molar-refractivity contribution in [3.63, 3.8) is 0 Å². The Morgan fingerprint density at radius 1 is 1.29 bits per heavy atom. The third-order valence-corrected chi connectivity index (χ3v) is 3.83. The molecule has 2 N–H and O–H groups in total. The molecule has 2 nitrogen and oxygen atoms in total. The molecule has 0 bridgehead atoms. The van der Waals surface area contributed by atoms with Crippen molar-refractivity contribution in [2.24, 2.45) is 0 Å². The predicted octanol–water partition coefficient (Wildman–Crippen LogP) is 2.76. The third kappa shape index (κ3) is 4.69. The molecule has 0 aliphatic heterocycles. The molecule has 1 aromatic rings. The lowest BCUT2D eigenvalue weighted by Gasteiger charge is -2.15. The second kappa shape index (κ2) is 5.42. The van der Waals surface area contributed by atoms with Crippen molar-refractivity contribution in [1.82, 2.24) is 5.32 Å². The highest BCUT2D eigenvalue weighted by Gasteiger charge is 2.26. The number of halogens is 2. The minimum absolute atomic E-state index is 0.0952. The van der Waals surface area contributed by atoms with Gasteiger partial charge in [0.05, 0.1) is 6.54 Å². The van der Waals surface area contributed by atoms with Crippen molar-refractivity contribution in [3.8, 4) is 0 Å². The van der Waals surface area contributed by atoms with Gasteiger partial charge < -0.3 is 10.4 Å². The van der Waals surface area contributed by atoms with E-state index in [0.29, 0.717) is 6.54 Å². The molecule has 17 heavy (non-hydrogen) atoms. The summed E-state index contributed by atoms with van der Waals surface area (Å²) < 4.78 is 25.5. The van der Waals surface area contributed by atoms with E-state index in [0.717, 1.165) is 4.88 Å². The maximum Gasteiger partial charge on any atom is 0.282 e. The van der Waals surface area contributed by atoms with Crippen molar-refractivity contribution in [2.45, 2.75) is 38.7 Å². The zero-order chi connectivity index (χ0) is 13.1. The first kappa shape index (κ1) is 14.5. The van der Waals surface area contributed by atoms with E-state index in [9.17, 15) is 8.78 Å². The topological polar surface area (TPSA) is 32.3 Å². The molecule has 1 aromatic heterocycles. The van der Waals surface area contributed by atoms with E-state index < -0.39 is 19.1 Å². The van der Waals surface area contributed by atoms with Crippen LogP contribution in [-0.2, 0) is 12.0 Å². The Bertz CT molecular complexity index is 358. The Morgan fingerprint density at radius 2 is 1.94 bits per heavy atom. The molecule has 98 valence electrons. The summed E-state index contributed by atoms with van der Waals surface area (Å²) in [5, 5.41) is 11.1. The smallest absolute Gasteiger partial charge is 0.282 e. The average molecular weight is 263 g/mol. The summed E-state index contributed by atoms with van der Waals surface area (Å²) in [5.74, 6) is -3.04. The molecule has 0 amide bonds. The van der Waals surface area contributed by atoms with Crippen molar-refractivity contribution in [3.05, 3.63) is 21.9 Å². The number of rotatable bonds is 5. The summed E-state index contributed by atoms with van der Waals surface area (Å²) in [7, 11) is 0. The van der Waals surface area contributed by atoms with Crippen LogP contribution in [0.4, 0.5) is 8.78 Å². The van der Waals surface area contributed by atoms with Crippen LogP contribution >= 0.6 is 11.3 Å². The van der Waals surface area contributed by atoms with Crippen LogP contribution in [0.2, 0.25) is 0 Å². The largest absolute Gasteiger partial charge is 0.390 e.